The molecule has 2 unspecified atom stereocenters. The standard InChI is InChI=1S/C45H85N2O7P/c1-6-8-10-12-14-16-18-20-21-23-25-27-29-31-33-37-44(49)43(41-54-55(51,52)53-40-39-47(3,4)5)46-45(50)38-34-36-42(48)35-32-30-28-26-24-22-19-17-15-13-11-9-7-2/h22,24,28,30,32-33,35,37,42-44,48-49H,6-21,23,25-27,29,31,34,36,38-41H2,1-5H3,(H-,46,50,51,52)/p+1/b24-22+,30-28+,35-32+,37-33+/t42?,43-,44+/m0/s1. The van der Waals surface area contributed by atoms with Crippen LogP contribution in [0.1, 0.15) is 174 Å². The largest absolute Gasteiger partial charge is 0.472 e. The van der Waals surface area contributed by atoms with Gasteiger partial charge >= 0.3 is 7.82 Å². The summed E-state index contributed by atoms with van der Waals surface area (Å²) in [6, 6.07) is -0.937. The van der Waals surface area contributed by atoms with Crippen molar-refractivity contribution in [1.82, 2.24) is 5.32 Å². The Balaban J connectivity index is 4.65. The number of carbonyl (C=O) groups excluding carboxylic acids is 1. The molecule has 10 heteroatoms. The van der Waals surface area contributed by atoms with Crippen molar-refractivity contribution in [3.05, 3.63) is 48.6 Å². The van der Waals surface area contributed by atoms with Gasteiger partial charge in [-0.05, 0) is 44.9 Å². The number of quaternary nitrogens is 1. The Hall–Kier alpha value is -1.58. The number of likely N-dealkylation sites (N-methyl/N-ethyl adjacent to an activating group) is 1. The van der Waals surface area contributed by atoms with Gasteiger partial charge in [0.25, 0.3) is 0 Å². The topological polar surface area (TPSA) is 125 Å². The molecule has 0 aromatic rings. The first-order chi connectivity index (χ1) is 26.4. The third kappa shape index (κ3) is 39.0. The van der Waals surface area contributed by atoms with Gasteiger partial charge in [-0.3, -0.25) is 13.8 Å². The normalized spacial score (nSPS) is 15.4. The van der Waals surface area contributed by atoms with Crippen LogP contribution in [-0.4, -0.2) is 84.6 Å². The molecule has 322 valence electrons. The van der Waals surface area contributed by atoms with Crippen LogP contribution in [0.4, 0.5) is 0 Å². The molecule has 0 aliphatic carbocycles. The zero-order valence-corrected chi connectivity index (χ0v) is 36.9. The lowest BCUT2D eigenvalue weighted by molar-refractivity contribution is -0.870. The van der Waals surface area contributed by atoms with E-state index in [0.717, 1.165) is 32.1 Å². The maximum absolute atomic E-state index is 12.9. The number of carbonyl (C=O) groups is 1. The molecular formula is C45H86N2O7P+. The van der Waals surface area contributed by atoms with E-state index in [1.54, 1.807) is 12.2 Å². The first-order valence-electron chi connectivity index (χ1n) is 22.1. The number of aliphatic hydroxyl groups is 2. The first-order valence-corrected chi connectivity index (χ1v) is 23.6. The van der Waals surface area contributed by atoms with Crippen LogP contribution in [0.15, 0.2) is 48.6 Å². The fourth-order valence-electron chi connectivity index (χ4n) is 6.05. The number of rotatable bonds is 39. The third-order valence-corrected chi connectivity index (χ3v) is 10.6. The van der Waals surface area contributed by atoms with Crippen LogP contribution >= 0.6 is 7.82 Å². The molecule has 0 saturated heterocycles. The highest BCUT2D eigenvalue weighted by Gasteiger charge is 2.27. The number of unbranched alkanes of at least 4 members (excludes halogenated alkanes) is 19. The van der Waals surface area contributed by atoms with Crippen molar-refractivity contribution >= 4 is 13.7 Å². The molecule has 0 fully saturated rings. The lowest BCUT2D eigenvalue weighted by atomic mass is 10.0. The summed E-state index contributed by atoms with van der Waals surface area (Å²) in [6.07, 6.45) is 42.0. The van der Waals surface area contributed by atoms with Gasteiger partial charge in [-0.15, -0.1) is 0 Å². The fourth-order valence-corrected chi connectivity index (χ4v) is 6.78. The average Bonchev–Trinajstić information content (AvgIpc) is 3.12. The number of nitrogens with one attached hydrogen (secondary N) is 1. The number of allylic oxidation sites excluding steroid dienone is 6. The van der Waals surface area contributed by atoms with Gasteiger partial charge in [0.05, 0.1) is 46.0 Å². The Morgan fingerprint density at radius 3 is 1.75 bits per heavy atom. The quantitative estimate of drug-likeness (QED) is 0.0160. The minimum Gasteiger partial charge on any atom is -0.389 e. The predicted octanol–water partition coefficient (Wildman–Crippen LogP) is 11.0. The highest BCUT2D eigenvalue weighted by atomic mass is 31.2. The number of amides is 1. The van der Waals surface area contributed by atoms with E-state index in [2.05, 4.69) is 37.4 Å². The molecule has 0 spiro atoms. The molecule has 0 rings (SSSR count). The molecule has 9 nitrogen and oxygen atoms in total. The monoisotopic (exact) mass is 798 g/mol. The van der Waals surface area contributed by atoms with Crippen molar-refractivity contribution in [1.29, 1.82) is 0 Å². The van der Waals surface area contributed by atoms with Crippen molar-refractivity contribution in [2.24, 2.45) is 0 Å². The molecule has 0 aliphatic heterocycles. The van der Waals surface area contributed by atoms with Gasteiger partial charge in [-0.25, -0.2) is 4.57 Å². The van der Waals surface area contributed by atoms with E-state index < -0.39 is 26.1 Å². The highest BCUT2D eigenvalue weighted by molar-refractivity contribution is 7.47. The molecule has 0 heterocycles. The van der Waals surface area contributed by atoms with Crippen LogP contribution in [0.2, 0.25) is 0 Å². The van der Waals surface area contributed by atoms with E-state index in [4.69, 9.17) is 9.05 Å². The van der Waals surface area contributed by atoms with E-state index in [-0.39, 0.29) is 25.5 Å². The lowest BCUT2D eigenvalue weighted by Gasteiger charge is -2.25. The van der Waals surface area contributed by atoms with Crippen molar-refractivity contribution < 1.29 is 38.0 Å². The Morgan fingerprint density at radius 1 is 0.673 bits per heavy atom. The Morgan fingerprint density at radius 2 is 1.20 bits per heavy atom. The third-order valence-electron chi connectivity index (χ3n) is 9.65. The number of phosphoric ester groups is 1. The minimum absolute atomic E-state index is 0.0266. The zero-order chi connectivity index (χ0) is 40.9. The van der Waals surface area contributed by atoms with Gasteiger partial charge in [0.15, 0.2) is 0 Å². The number of hydrogen-bond acceptors (Lipinski definition) is 6. The number of aliphatic hydroxyl groups excluding tert-OH is 2. The molecule has 0 saturated carbocycles. The smallest absolute Gasteiger partial charge is 0.389 e. The summed E-state index contributed by atoms with van der Waals surface area (Å²) in [4.78, 5) is 23.1. The van der Waals surface area contributed by atoms with Crippen molar-refractivity contribution in [3.8, 4) is 0 Å². The number of phosphoric acid groups is 1. The van der Waals surface area contributed by atoms with Crippen LogP contribution in [0.25, 0.3) is 0 Å². The van der Waals surface area contributed by atoms with Gasteiger partial charge in [0.1, 0.15) is 13.2 Å². The van der Waals surface area contributed by atoms with Gasteiger partial charge in [-0.1, -0.05) is 172 Å². The maximum Gasteiger partial charge on any atom is 0.472 e. The first kappa shape index (κ1) is 53.4. The Labute approximate surface area is 338 Å². The second kappa shape index (κ2) is 36.7. The summed E-state index contributed by atoms with van der Waals surface area (Å²) in [6.45, 7) is 4.64. The minimum atomic E-state index is -4.39. The summed E-state index contributed by atoms with van der Waals surface area (Å²) in [7, 11) is 1.45. The van der Waals surface area contributed by atoms with Crippen molar-refractivity contribution in [2.45, 2.75) is 193 Å². The molecule has 4 N–H and O–H groups in total. The molecule has 0 aromatic heterocycles. The fraction of sp³-hybridized carbons (Fsp3) is 0.800. The molecule has 0 aromatic carbocycles. The van der Waals surface area contributed by atoms with Crippen molar-refractivity contribution in [2.75, 3.05) is 40.9 Å². The van der Waals surface area contributed by atoms with E-state index in [9.17, 15) is 24.5 Å². The van der Waals surface area contributed by atoms with Crippen LogP contribution < -0.4 is 5.32 Å². The molecule has 1 amide bonds. The summed E-state index contributed by atoms with van der Waals surface area (Å²) in [5, 5.41) is 24.1. The van der Waals surface area contributed by atoms with E-state index >= 15 is 0 Å². The highest BCUT2D eigenvalue weighted by Crippen LogP contribution is 2.43. The van der Waals surface area contributed by atoms with E-state index in [1.165, 1.54) is 109 Å². The molecule has 55 heavy (non-hydrogen) atoms. The lowest BCUT2D eigenvalue weighted by Crippen LogP contribution is -2.45. The van der Waals surface area contributed by atoms with Crippen LogP contribution in [-0.2, 0) is 18.4 Å². The second-order valence-corrected chi connectivity index (χ2v) is 17.7. The maximum atomic E-state index is 12.9. The molecule has 0 bridgehead atoms. The van der Waals surface area contributed by atoms with Gasteiger partial charge in [0.2, 0.25) is 5.91 Å². The number of hydrogen-bond donors (Lipinski definition) is 4. The summed E-state index contributed by atoms with van der Waals surface area (Å²) >= 11 is 0. The average molecular weight is 798 g/mol. The molecular weight excluding hydrogens is 711 g/mol. The van der Waals surface area contributed by atoms with Crippen LogP contribution in [0, 0.1) is 0 Å². The van der Waals surface area contributed by atoms with Crippen molar-refractivity contribution in [3.63, 3.8) is 0 Å². The molecule has 0 aliphatic rings. The van der Waals surface area contributed by atoms with Gasteiger partial charge in [-0.2, -0.15) is 0 Å². The van der Waals surface area contributed by atoms with Crippen LogP contribution in [0.5, 0.6) is 0 Å². The number of nitrogens with zero attached hydrogens (tertiary/aromatic N) is 1. The van der Waals surface area contributed by atoms with E-state index in [1.807, 2.05) is 39.4 Å². The van der Waals surface area contributed by atoms with Gasteiger partial charge < -0.3 is 24.9 Å². The van der Waals surface area contributed by atoms with E-state index in [0.29, 0.717) is 23.9 Å². The Bertz CT molecular complexity index is 1060. The summed E-state index contributed by atoms with van der Waals surface area (Å²) < 4.78 is 23.5. The second-order valence-electron chi connectivity index (χ2n) is 16.3. The summed E-state index contributed by atoms with van der Waals surface area (Å²) in [5.41, 5.74) is 0. The van der Waals surface area contributed by atoms with Gasteiger partial charge in [0, 0.05) is 6.42 Å². The zero-order valence-electron chi connectivity index (χ0n) is 36.0. The Kier molecular flexibility index (Phi) is 35.7. The molecule has 4 atom stereocenters. The predicted molar refractivity (Wildman–Crippen MR) is 232 cm³/mol. The summed E-state index contributed by atoms with van der Waals surface area (Å²) in [5.74, 6) is -0.333. The van der Waals surface area contributed by atoms with Crippen LogP contribution in [0.3, 0.4) is 0 Å². The SMILES string of the molecule is CCCCCCCC/C=C/C/C=C/C=C/C(O)CCCC(=O)N[C@@H](COP(=O)(O)OCC[N+](C)(C)C)[C@H](O)/C=C/CCCCCCCCCCCCCCC. The molecule has 0 radical (unpaired) electrons.